The van der Waals surface area contributed by atoms with Crippen molar-refractivity contribution >= 4 is 11.2 Å². The van der Waals surface area contributed by atoms with Crippen LogP contribution in [0.2, 0.25) is 0 Å². The monoisotopic (exact) mass is 320 g/mol. The smallest absolute Gasteiger partial charge is 0.198 e. The molecule has 6 nitrogen and oxygen atoms in total. The summed E-state index contributed by atoms with van der Waals surface area (Å²) in [6.45, 7) is 1.90. The van der Waals surface area contributed by atoms with Crippen molar-refractivity contribution in [1.29, 1.82) is 0 Å². The number of methoxy groups -OCH3 is 1. The Kier molecular flexibility index (Phi) is 3.49. The van der Waals surface area contributed by atoms with E-state index in [0.29, 0.717) is 23.7 Å². The van der Waals surface area contributed by atoms with Crippen LogP contribution in [-0.2, 0) is 6.42 Å². The predicted molar refractivity (Wildman–Crippen MR) is 89.9 cm³/mol. The molecule has 0 aliphatic rings. The van der Waals surface area contributed by atoms with Crippen LogP contribution in [0.4, 0.5) is 0 Å². The molecule has 0 saturated heterocycles. The zero-order valence-electron chi connectivity index (χ0n) is 13.4. The van der Waals surface area contributed by atoms with E-state index in [4.69, 9.17) is 14.1 Å². The van der Waals surface area contributed by atoms with E-state index >= 15 is 0 Å². The molecule has 1 aromatic carbocycles. The summed E-state index contributed by atoms with van der Waals surface area (Å²) in [7, 11) is 1.66. The van der Waals surface area contributed by atoms with Gasteiger partial charge < -0.3 is 14.1 Å². The average Bonchev–Trinajstić information content (AvgIpc) is 3.23. The molecule has 0 unspecified atom stereocenters. The lowest BCUT2D eigenvalue weighted by molar-refractivity contribution is 0.414. The van der Waals surface area contributed by atoms with Crippen LogP contribution in [0.1, 0.15) is 17.0 Å². The molecular weight excluding hydrogens is 304 g/mol. The standard InChI is InChI=1S/C18H16N4O2/c1-11-6-7-15(24-11)17-21-14(16-18(22-17)20-10-19-16)9-12-4-3-5-13(8-12)23-2/h3-8,10H,9H2,1-2H3,(H,19,20,21,22). The first kappa shape index (κ1) is 14.4. The zero-order valence-corrected chi connectivity index (χ0v) is 13.4. The second-order valence-electron chi connectivity index (χ2n) is 5.53. The van der Waals surface area contributed by atoms with Gasteiger partial charge in [-0.25, -0.2) is 15.0 Å². The maximum absolute atomic E-state index is 5.65. The van der Waals surface area contributed by atoms with E-state index < -0.39 is 0 Å². The highest BCUT2D eigenvalue weighted by Crippen LogP contribution is 2.24. The molecule has 3 heterocycles. The summed E-state index contributed by atoms with van der Waals surface area (Å²) in [5.41, 5.74) is 3.44. The van der Waals surface area contributed by atoms with Crippen LogP contribution in [-0.4, -0.2) is 27.0 Å². The highest BCUT2D eigenvalue weighted by molar-refractivity contribution is 5.75. The maximum Gasteiger partial charge on any atom is 0.198 e. The second kappa shape index (κ2) is 5.81. The Labute approximate surface area is 138 Å². The van der Waals surface area contributed by atoms with E-state index in [2.05, 4.69) is 15.0 Å². The van der Waals surface area contributed by atoms with E-state index in [-0.39, 0.29) is 0 Å². The molecule has 0 saturated carbocycles. The number of benzene rings is 1. The first-order valence-electron chi connectivity index (χ1n) is 7.62. The van der Waals surface area contributed by atoms with Crippen LogP contribution in [0.15, 0.2) is 47.1 Å². The van der Waals surface area contributed by atoms with Gasteiger partial charge in [0.15, 0.2) is 17.2 Å². The minimum atomic E-state index is 0.542. The number of hydrogen-bond acceptors (Lipinski definition) is 5. The van der Waals surface area contributed by atoms with Crippen molar-refractivity contribution < 1.29 is 9.15 Å². The molecule has 0 bridgehead atoms. The van der Waals surface area contributed by atoms with Crippen LogP contribution in [0.3, 0.4) is 0 Å². The van der Waals surface area contributed by atoms with Crippen molar-refractivity contribution in [3.8, 4) is 17.3 Å². The van der Waals surface area contributed by atoms with Crippen LogP contribution in [0.5, 0.6) is 5.75 Å². The Balaban J connectivity index is 1.80. The summed E-state index contributed by atoms with van der Waals surface area (Å²) in [5, 5.41) is 0. The fourth-order valence-electron chi connectivity index (χ4n) is 2.66. The topological polar surface area (TPSA) is 76.8 Å². The molecule has 4 rings (SSSR count). The summed E-state index contributed by atoms with van der Waals surface area (Å²) in [5.74, 6) is 2.83. The third-order valence-corrected chi connectivity index (χ3v) is 3.83. The van der Waals surface area contributed by atoms with Gasteiger partial charge >= 0.3 is 0 Å². The summed E-state index contributed by atoms with van der Waals surface area (Å²) >= 11 is 0. The lowest BCUT2D eigenvalue weighted by atomic mass is 10.1. The average molecular weight is 320 g/mol. The number of nitrogens with zero attached hydrogens (tertiary/aromatic N) is 3. The van der Waals surface area contributed by atoms with Gasteiger partial charge in [-0.1, -0.05) is 12.1 Å². The summed E-state index contributed by atoms with van der Waals surface area (Å²) in [6, 6.07) is 11.7. The first-order chi connectivity index (χ1) is 11.7. The first-order valence-corrected chi connectivity index (χ1v) is 7.62. The van der Waals surface area contributed by atoms with E-state index in [1.54, 1.807) is 13.4 Å². The lowest BCUT2D eigenvalue weighted by Gasteiger charge is -2.06. The number of aromatic amines is 1. The van der Waals surface area contributed by atoms with Gasteiger partial charge in [0.1, 0.15) is 17.0 Å². The van der Waals surface area contributed by atoms with Crippen LogP contribution in [0.25, 0.3) is 22.7 Å². The van der Waals surface area contributed by atoms with Crippen molar-refractivity contribution in [2.75, 3.05) is 7.11 Å². The van der Waals surface area contributed by atoms with E-state index in [1.807, 2.05) is 43.3 Å². The second-order valence-corrected chi connectivity index (χ2v) is 5.53. The molecule has 120 valence electrons. The van der Waals surface area contributed by atoms with E-state index in [0.717, 1.165) is 28.3 Å². The van der Waals surface area contributed by atoms with Crippen LogP contribution >= 0.6 is 0 Å². The van der Waals surface area contributed by atoms with Gasteiger partial charge in [-0.15, -0.1) is 0 Å². The fraction of sp³-hybridized carbons (Fsp3) is 0.167. The normalized spacial score (nSPS) is 11.1. The number of aromatic nitrogens is 4. The highest BCUT2D eigenvalue weighted by Gasteiger charge is 2.14. The SMILES string of the molecule is COc1cccc(Cc2nc(-c3ccc(C)o3)nc3nc[nH]c23)c1. The number of fused-ring (bicyclic) bond motifs is 1. The van der Waals surface area contributed by atoms with E-state index in [9.17, 15) is 0 Å². The molecule has 6 heteroatoms. The molecule has 0 spiro atoms. The Morgan fingerprint density at radius 2 is 2.08 bits per heavy atom. The third kappa shape index (κ3) is 2.62. The number of nitrogens with one attached hydrogen (secondary N) is 1. The number of ether oxygens (including phenoxy) is 1. The lowest BCUT2D eigenvalue weighted by Crippen LogP contribution is -1.99. The molecule has 24 heavy (non-hydrogen) atoms. The summed E-state index contributed by atoms with van der Waals surface area (Å²) in [6.07, 6.45) is 2.27. The number of furan rings is 1. The van der Waals surface area contributed by atoms with Gasteiger partial charge in [0.05, 0.1) is 19.1 Å². The fourth-order valence-corrected chi connectivity index (χ4v) is 2.66. The molecule has 0 aliphatic heterocycles. The molecule has 0 fully saturated rings. The van der Waals surface area contributed by atoms with Gasteiger partial charge in [-0.05, 0) is 36.8 Å². The Bertz CT molecular complexity index is 1000. The minimum Gasteiger partial charge on any atom is -0.497 e. The molecule has 1 N–H and O–H groups in total. The molecule has 3 aromatic heterocycles. The van der Waals surface area contributed by atoms with Crippen molar-refractivity contribution in [2.45, 2.75) is 13.3 Å². The molecule has 0 amide bonds. The van der Waals surface area contributed by atoms with Gasteiger partial charge in [0.2, 0.25) is 0 Å². The van der Waals surface area contributed by atoms with Gasteiger partial charge in [-0.3, -0.25) is 0 Å². The Morgan fingerprint density at radius 3 is 2.88 bits per heavy atom. The summed E-state index contributed by atoms with van der Waals surface area (Å²) < 4.78 is 10.9. The minimum absolute atomic E-state index is 0.542. The number of H-pyrrole nitrogens is 1. The van der Waals surface area contributed by atoms with Gasteiger partial charge in [0, 0.05) is 6.42 Å². The molecule has 0 atom stereocenters. The van der Waals surface area contributed by atoms with Crippen molar-refractivity contribution in [3.05, 3.63) is 59.7 Å². The molecule has 4 aromatic rings. The van der Waals surface area contributed by atoms with Crippen LogP contribution < -0.4 is 4.74 Å². The third-order valence-electron chi connectivity index (χ3n) is 3.83. The number of aryl methyl sites for hydroxylation is 1. The maximum atomic E-state index is 5.65. The zero-order chi connectivity index (χ0) is 16.5. The van der Waals surface area contributed by atoms with Crippen molar-refractivity contribution in [1.82, 2.24) is 19.9 Å². The Hall–Kier alpha value is -3.15. The number of hydrogen-bond donors (Lipinski definition) is 1. The Morgan fingerprint density at radius 1 is 1.17 bits per heavy atom. The van der Waals surface area contributed by atoms with Crippen LogP contribution in [0, 0.1) is 6.92 Å². The molecule has 0 radical (unpaired) electrons. The quantitative estimate of drug-likeness (QED) is 0.622. The van der Waals surface area contributed by atoms with Crippen molar-refractivity contribution in [2.24, 2.45) is 0 Å². The highest BCUT2D eigenvalue weighted by atomic mass is 16.5. The van der Waals surface area contributed by atoms with Gasteiger partial charge in [0.25, 0.3) is 0 Å². The molecule has 0 aliphatic carbocycles. The number of imidazole rings is 1. The van der Waals surface area contributed by atoms with Crippen molar-refractivity contribution in [3.63, 3.8) is 0 Å². The number of rotatable bonds is 4. The summed E-state index contributed by atoms with van der Waals surface area (Å²) in [4.78, 5) is 16.6. The largest absolute Gasteiger partial charge is 0.497 e. The van der Waals surface area contributed by atoms with Gasteiger partial charge in [-0.2, -0.15) is 0 Å². The predicted octanol–water partition coefficient (Wildman–Crippen LogP) is 3.52. The molecular formula is C18H16N4O2. The van der Waals surface area contributed by atoms with E-state index in [1.165, 1.54) is 0 Å².